The molecule has 7 aromatic carbocycles. The predicted octanol–water partition coefficient (Wildman–Crippen LogP) is 12.6. The maximum atomic E-state index is 6.20. The van der Waals surface area contributed by atoms with Crippen LogP contribution >= 0.6 is 0 Å². The molecule has 0 aliphatic heterocycles. The molecule has 8 aromatic rings. The second kappa shape index (κ2) is 11.5. The molecular formula is C46H34N2O. The van der Waals surface area contributed by atoms with Crippen LogP contribution in [-0.4, -0.2) is 4.98 Å². The number of anilines is 3. The molecule has 3 heteroatoms. The first-order valence-corrected chi connectivity index (χ1v) is 16.8. The first kappa shape index (κ1) is 29.0. The summed E-state index contributed by atoms with van der Waals surface area (Å²) in [6.07, 6.45) is 0. The van der Waals surface area contributed by atoms with Gasteiger partial charge in [0.05, 0.1) is 0 Å². The highest BCUT2D eigenvalue weighted by Gasteiger charge is 2.35. The third kappa shape index (κ3) is 4.94. The van der Waals surface area contributed by atoms with E-state index in [0.717, 1.165) is 44.9 Å². The molecule has 234 valence electrons. The Morgan fingerprint density at radius 2 is 1.06 bits per heavy atom. The van der Waals surface area contributed by atoms with Gasteiger partial charge in [-0.25, -0.2) is 4.98 Å². The minimum atomic E-state index is -0.0489. The van der Waals surface area contributed by atoms with Crippen molar-refractivity contribution in [2.24, 2.45) is 0 Å². The average molecular weight is 631 g/mol. The SMILES string of the molecule is CC1(C)c2ccccc2-c2cc(N(c3ccc(-c4cccc5oc(-c6ccccc6)nc45)cc3)c3cccc(-c4ccccc4)c3)ccc21. The summed E-state index contributed by atoms with van der Waals surface area (Å²) < 4.78 is 6.20. The summed E-state index contributed by atoms with van der Waals surface area (Å²) in [4.78, 5) is 7.31. The fourth-order valence-corrected chi connectivity index (χ4v) is 7.43. The second-order valence-electron chi connectivity index (χ2n) is 13.2. The van der Waals surface area contributed by atoms with E-state index in [1.165, 1.54) is 33.4 Å². The zero-order valence-corrected chi connectivity index (χ0v) is 27.5. The maximum absolute atomic E-state index is 6.20. The molecule has 0 amide bonds. The smallest absolute Gasteiger partial charge is 0.227 e. The lowest BCUT2D eigenvalue weighted by molar-refractivity contribution is 0.620. The number of aromatic nitrogens is 1. The van der Waals surface area contributed by atoms with E-state index >= 15 is 0 Å². The molecule has 1 aliphatic carbocycles. The quantitative estimate of drug-likeness (QED) is 0.183. The van der Waals surface area contributed by atoms with Gasteiger partial charge in [-0.15, -0.1) is 0 Å². The Morgan fingerprint density at radius 1 is 0.449 bits per heavy atom. The molecule has 1 aromatic heterocycles. The number of hydrogen-bond donors (Lipinski definition) is 0. The summed E-state index contributed by atoms with van der Waals surface area (Å²) in [5.74, 6) is 0.630. The summed E-state index contributed by atoms with van der Waals surface area (Å²) in [7, 11) is 0. The zero-order chi connectivity index (χ0) is 33.0. The lowest BCUT2D eigenvalue weighted by atomic mass is 9.82. The molecule has 0 spiro atoms. The molecule has 9 rings (SSSR count). The average Bonchev–Trinajstić information content (AvgIpc) is 3.70. The number of benzene rings is 7. The number of oxazole rings is 1. The van der Waals surface area contributed by atoms with Gasteiger partial charge in [-0.2, -0.15) is 0 Å². The molecule has 3 nitrogen and oxygen atoms in total. The third-order valence-electron chi connectivity index (χ3n) is 9.91. The lowest BCUT2D eigenvalue weighted by Crippen LogP contribution is -2.15. The highest BCUT2D eigenvalue weighted by atomic mass is 16.3. The van der Waals surface area contributed by atoms with E-state index in [2.05, 4.69) is 146 Å². The van der Waals surface area contributed by atoms with E-state index in [4.69, 9.17) is 9.40 Å². The first-order chi connectivity index (χ1) is 24.0. The number of hydrogen-bond acceptors (Lipinski definition) is 3. The predicted molar refractivity (Wildman–Crippen MR) is 203 cm³/mol. The van der Waals surface area contributed by atoms with Crippen LogP contribution in [0, 0.1) is 0 Å². The Morgan fingerprint density at radius 3 is 1.86 bits per heavy atom. The molecule has 49 heavy (non-hydrogen) atoms. The van der Waals surface area contributed by atoms with E-state index in [-0.39, 0.29) is 5.41 Å². The highest BCUT2D eigenvalue weighted by Crippen LogP contribution is 2.50. The maximum Gasteiger partial charge on any atom is 0.227 e. The van der Waals surface area contributed by atoms with Crippen LogP contribution in [0.1, 0.15) is 25.0 Å². The van der Waals surface area contributed by atoms with Gasteiger partial charge in [0, 0.05) is 33.6 Å². The van der Waals surface area contributed by atoms with Gasteiger partial charge in [0.25, 0.3) is 0 Å². The minimum Gasteiger partial charge on any atom is -0.436 e. The van der Waals surface area contributed by atoms with Gasteiger partial charge in [-0.3, -0.25) is 0 Å². The van der Waals surface area contributed by atoms with Crippen molar-refractivity contribution in [1.82, 2.24) is 4.98 Å². The van der Waals surface area contributed by atoms with E-state index in [1.54, 1.807) is 0 Å². The van der Waals surface area contributed by atoms with Gasteiger partial charge in [0.2, 0.25) is 5.89 Å². The molecule has 0 N–H and O–H groups in total. The van der Waals surface area contributed by atoms with Crippen molar-refractivity contribution < 1.29 is 4.42 Å². The molecule has 0 radical (unpaired) electrons. The van der Waals surface area contributed by atoms with Gasteiger partial charge in [-0.05, 0) is 93.5 Å². The normalized spacial score (nSPS) is 12.9. The van der Waals surface area contributed by atoms with Crippen LogP contribution in [0.3, 0.4) is 0 Å². The molecule has 0 bridgehead atoms. The first-order valence-electron chi connectivity index (χ1n) is 16.8. The fourth-order valence-electron chi connectivity index (χ4n) is 7.43. The Balaban J connectivity index is 1.16. The van der Waals surface area contributed by atoms with Crippen LogP contribution in [0.4, 0.5) is 17.1 Å². The summed E-state index contributed by atoms with van der Waals surface area (Å²) in [5.41, 5.74) is 15.7. The van der Waals surface area contributed by atoms with E-state index in [0.29, 0.717) is 5.89 Å². The Labute approximate surface area is 286 Å². The number of para-hydroxylation sites is 1. The van der Waals surface area contributed by atoms with Crippen LogP contribution < -0.4 is 4.90 Å². The summed E-state index contributed by atoms with van der Waals surface area (Å²) in [6, 6.07) is 60.2. The van der Waals surface area contributed by atoms with Gasteiger partial charge < -0.3 is 9.32 Å². The van der Waals surface area contributed by atoms with Crippen molar-refractivity contribution in [1.29, 1.82) is 0 Å². The van der Waals surface area contributed by atoms with Gasteiger partial charge >= 0.3 is 0 Å². The molecular weight excluding hydrogens is 597 g/mol. The zero-order valence-electron chi connectivity index (χ0n) is 27.5. The number of rotatable bonds is 6. The van der Waals surface area contributed by atoms with Gasteiger partial charge in [0.15, 0.2) is 5.58 Å². The molecule has 0 saturated carbocycles. The van der Waals surface area contributed by atoms with Crippen molar-refractivity contribution >= 4 is 28.2 Å². The second-order valence-corrected chi connectivity index (χ2v) is 13.2. The topological polar surface area (TPSA) is 29.3 Å². The molecule has 1 heterocycles. The van der Waals surface area contributed by atoms with Gasteiger partial charge in [-0.1, -0.05) is 129 Å². The lowest BCUT2D eigenvalue weighted by Gasteiger charge is -2.27. The molecule has 1 aliphatic rings. The molecule has 0 atom stereocenters. The van der Waals surface area contributed by atoms with Crippen molar-refractivity contribution in [3.8, 4) is 44.8 Å². The molecule has 0 unspecified atom stereocenters. The van der Waals surface area contributed by atoms with Gasteiger partial charge in [0.1, 0.15) is 5.52 Å². The molecule has 0 fully saturated rings. The van der Waals surface area contributed by atoms with E-state index in [9.17, 15) is 0 Å². The fraction of sp³-hybridized carbons (Fsp3) is 0.0652. The summed E-state index contributed by atoms with van der Waals surface area (Å²) in [6.45, 7) is 4.66. The van der Waals surface area contributed by atoms with Crippen LogP contribution in [0.5, 0.6) is 0 Å². The monoisotopic (exact) mass is 630 g/mol. The number of fused-ring (bicyclic) bond motifs is 4. The van der Waals surface area contributed by atoms with E-state index in [1.807, 2.05) is 42.5 Å². The van der Waals surface area contributed by atoms with Crippen molar-refractivity contribution in [3.05, 3.63) is 181 Å². The number of nitrogens with zero attached hydrogens (tertiary/aromatic N) is 2. The summed E-state index contributed by atoms with van der Waals surface area (Å²) >= 11 is 0. The largest absolute Gasteiger partial charge is 0.436 e. The highest BCUT2D eigenvalue weighted by molar-refractivity contribution is 5.93. The van der Waals surface area contributed by atoms with Crippen molar-refractivity contribution in [2.75, 3.05) is 4.90 Å². The molecule has 0 saturated heterocycles. The third-order valence-corrected chi connectivity index (χ3v) is 9.91. The Hall–Kier alpha value is -6.19. The van der Waals surface area contributed by atoms with Crippen LogP contribution in [-0.2, 0) is 5.41 Å². The Bertz CT molecular complexity index is 2460. The minimum absolute atomic E-state index is 0.0489. The van der Waals surface area contributed by atoms with Crippen LogP contribution in [0.2, 0.25) is 0 Å². The standard InChI is InChI=1S/C46H34N2O/c1-46(2)41-21-10-9-19-39(41)40-30-37(27-28-42(40)46)48(36-18-11-17-34(29-36)31-13-5-3-6-14-31)35-25-23-32(24-26-35)38-20-12-22-43-44(38)47-45(49-43)33-15-7-4-8-16-33/h3-30H,1-2H3. The van der Waals surface area contributed by atoms with Crippen molar-refractivity contribution in [3.63, 3.8) is 0 Å². The Kier molecular flexibility index (Phi) is 6.80. The van der Waals surface area contributed by atoms with Crippen LogP contribution in [0.15, 0.2) is 174 Å². The van der Waals surface area contributed by atoms with Crippen LogP contribution in [0.25, 0.3) is 55.9 Å². The van der Waals surface area contributed by atoms with E-state index < -0.39 is 0 Å². The summed E-state index contributed by atoms with van der Waals surface area (Å²) in [5, 5.41) is 0. The van der Waals surface area contributed by atoms with Crippen molar-refractivity contribution in [2.45, 2.75) is 19.3 Å².